The van der Waals surface area contributed by atoms with Crippen molar-refractivity contribution in [2.24, 2.45) is 0 Å². The minimum Gasteiger partial charge on any atom is -0.445 e. The van der Waals surface area contributed by atoms with Gasteiger partial charge >= 0.3 is 6.09 Å². The molecule has 0 saturated carbocycles. The molecule has 2 rings (SSSR count). The van der Waals surface area contributed by atoms with Crippen LogP contribution in [0.2, 0.25) is 0 Å². The molecule has 0 aliphatic carbocycles. The molecule has 21 heavy (non-hydrogen) atoms. The van der Waals surface area contributed by atoms with E-state index in [0.29, 0.717) is 24.2 Å². The fourth-order valence-electron chi connectivity index (χ4n) is 1.84. The van der Waals surface area contributed by atoms with Gasteiger partial charge in [0.05, 0.1) is 0 Å². The van der Waals surface area contributed by atoms with E-state index in [9.17, 15) is 9.18 Å². The number of amides is 1. The van der Waals surface area contributed by atoms with Crippen molar-refractivity contribution in [2.75, 3.05) is 12.3 Å². The number of nitrogen functional groups attached to an aromatic ring is 1. The number of anilines is 1. The van der Waals surface area contributed by atoms with Crippen LogP contribution in [0.15, 0.2) is 48.5 Å². The van der Waals surface area contributed by atoms with Crippen molar-refractivity contribution in [3.8, 4) is 0 Å². The van der Waals surface area contributed by atoms with Gasteiger partial charge in [0.25, 0.3) is 0 Å². The first-order valence-corrected chi connectivity index (χ1v) is 6.63. The molecule has 0 atom stereocenters. The third-order valence-corrected chi connectivity index (χ3v) is 2.95. The third-order valence-electron chi connectivity index (χ3n) is 2.95. The number of carbonyl (C=O) groups excluding carboxylic acids is 1. The summed E-state index contributed by atoms with van der Waals surface area (Å²) in [6.07, 6.45) is -0.137. The number of hydrogen-bond donors (Lipinski definition) is 2. The van der Waals surface area contributed by atoms with Crippen molar-refractivity contribution < 1.29 is 13.9 Å². The molecule has 5 heteroatoms. The summed E-state index contributed by atoms with van der Waals surface area (Å²) < 4.78 is 18.6. The highest BCUT2D eigenvalue weighted by molar-refractivity contribution is 5.67. The Bertz CT molecular complexity index is 602. The summed E-state index contributed by atoms with van der Waals surface area (Å²) in [7, 11) is 0. The van der Waals surface area contributed by atoms with Crippen LogP contribution in [0.5, 0.6) is 0 Å². The number of ether oxygens (including phenoxy) is 1. The predicted octanol–water partition coefficient (Wildman–Crippen LogP) is 2.88. The van der Waals surface area contributed by atoms with Gasteiger partial charge in [0.15, 0.2) is 0 Å². The quantitative estimate of drug-likeness (QED) is 0.831. The Hall–Kier alpha value is -2.56. The van der Waals surface area contributed by atoms with Crippen LogP contribution in [0, 0.1) is 5.82 Å². The molecule has 0 spiro atoms. The maximum Gasteiger partial charge on any atom is 0.407 e. The van der Waals surface area contributed by atoms with Gasteiger partial charge in [0.2, 0.25) is 0 Å². The SMILES string of the molecule is Nc1ccc(CCNC(=O)OCc2ccccc2)c(F)c1. The minimum atomic E-state index is -0.519. The number of nitrogens with two attached hydrogens (primary N) is 1. The van der Waals surface area contributed by atoms with Gasteiger partial charge in [-0.25, -0.2) is 9.18 Å². The fraction of sp³-hybridized carbons (Fsp3) is 0.188. The van der Waals surface area contributed by atoms with Crippen molar-refractivity contribution in [2.45, 2.75) is 13.0 Å². The van der Waals surface area contributed by atoms with Gasteiger partial charge in [-0.2, -0.15) is 0 Å². The Kier molecular flexibility index (Phi) is 5.15. The Balaban J connectivity index is 1.72. The maximum atomic E-state index is 13.5. The van der Waals surface area contributed by atoms with Gasteiger partial charge in [0, 0.05) is 12.2 Å². The van der Waals surface area contributed by atoms with Crippen molar-refractivity contribution in [1.29, 1.82) is 0 Å². The normalized spacial score (nSPS) is 10.1. The van der Waals surface area contributed by atoms with Crippen LogP contribution >= 0.6 is 0 Å². The van der Waals surface area contributed by atoms with E-state index in [1.54, 1.807) is 12.1 Å². The number of rotatable bonds is 5. The number of benzene rings is 2. The zero-order chi connectivity index (χ0) is 15.1. The lowest BCUT2D eigenvalue weighted by molar-refractivity contribution is 0.140. The summed E-state index contributed by atoms with van der Waals surface area (Å²) in [5.74, 6) is -0.366. The van der Waals surface area contributed by atoms with Crippen LogP contribution in [0.25, 0.3) is 0 Å². The largest absolute Gasteiger partial charge is 0.445 e. The van der Waals surface area contributed by atoms with E-state index in [1.807, 2.05) is 30.3 Å². The van der Waals surface area contributed by atoms with Crippen LogP contribution in [0.1, 0.15) is 11.1 Å². The molecule has 0 aliphatic heterocycles. The molecule has 0 aromatic heterocycles. The molecular weight excluding hydrogens is 271 g/mol. The Morgan fingerprint density at radius 2 is 1.95 bits per heavy atom. The first-order chi connectivity index (χ1) is 10.1. The van der Waals surface area contributed by atoms with Gasteiger partial charge in [-0.15, -0.1) is 0 Å². The van der Waals surface area contributed by atoms with Crippen molar-refractivity contribution in [3.63, 3.8) is 0 Å². The second-order valence-corrected chi connectivity index (χ2v) is 4.59. The van der Waals surface area contributed by atoms with Crippen molar-refractivity contribution in [1.82, 2.24) is 5.32 Å². The highest BCUT2D eigenvalue weighted by Gasteiger charge is 2.05. The number of hydrogen-bond acceptors (Lipinski definition) is 3. The summed E-state index contributed by atoms with van der Waals surface area (Å²) in [4.78, 5) is 11.5. The van der Waals surface area contributed by atoms with Crippen molar-refractivity contribution in [3.05, 3.63) is 65.5 Å². The molecule has 0 saturated heterocycles. The molecule has 0 unspecified atom stereocenters. The average molecular weight is 288 g/mol. The number of nitrogens with one attached hydrogen (secondary N) is 1. The second-order valence-electron chi connectivity index (χ2n) is 4.59. The van der Waals surface area contributed by atoms with Gasteiger partial charge in [0.1, 0.15) is 12.4 Å². The molecule has 2 aromatic rings. The van der Waals surface area contributed by atoms with Crippen LogP contribution in [0.3, 0.4) is 0 Å². The predicted molar refractivity (Wildman–Crippen MR) is 79.1 cm³/mol. The summed E-state index contributed by atoms with van der Waals surface area (Å²) in [5.41, 5.74) is 7.27. The number of carbonyl (C=O) groups is 1. The summed E-state index contributed by atoms with van der Waals surface area (Å²) in [6, 6.07) is 13.9. The van der Waals surface area contributed by atoms with E-state index in [4.69, 9.17) is 10.5 Å². The lowest BCUT2D eigenvalue weighted by Crippen LogP contribution is -2.26. The molecule has 2 aromatic carbocycles. The van der Waals surface area contributed by atoms with Crippen LogP contribution < -0.4 is 11.1 Å². The molecule has 3 N–H and O–H groups in total. The van der Waals surface area contributed by atoms with E-state index in [2.05, 4.69) is 5.32 Å². The van der Waals surface area contributed by atoms with Crippen LogP contribution in [-0.2, 0) is 17.8 Å². The second kappa shape index (κ2) is 7.28. The number of alkyl carbamates (subject to hydrolysis) is 1. The third kappa shape index (κ3) is 4.80. The first-order valence-electron chi connectivity index (χ1n) is 6.63. The van der Waals surface area contributed by atoms with E-state index < -0.39 is 6.09 Å². The molecule has 0 bridgehead atoms. The molecule has 110 valence electrons. The zero-order valence-electron chi connectivity index (χ0n) is 11.5. The highest BCUT2D eigenvalue weighted by atomic mass is 19.1. The summed E-state index contributed by atoms with van der Waals surface area (Å²) in [5, 5.41) is 2.58. The lowest BCUT2D eigenvalue weighted by atomic mass is 10.1. The van der Waals surface area contributed by atoms with E-state index >= 15 is 0 Å². The van der Waals surface area contributed by atoms with Crippen molar-refractivity contribution >= 4 is 11.8 Å². The van der Waals surface area contributed by atoms with E-state index in [0.717, 1.165) is 5.56 Å². The summed E-state index contributed by atoms with van der Waals surface area (Å²) in [6.45, 7) is 0.511. The van der Waals surface area contributed by atoms with E-state index in [1.165, 1.54) is 6.07 Å². The molecule has 0 aliphatic rings. The lowest BCUT2D eigenvalue weighted by Gasteiger charge is -2.08. The maximum absolute atomic E-state index is 13.5. The smallest absolute Gasteiger partial charge is 0.407 e. The van der Waals surface area contributed by atoms with Gasteiger partial charge < -0.3 is 15.8 Å². The summed E-state index contributed by atoms with van der Waals surface area (Å²) >= 11 is 0. The number of halogens is 1. The Morgan fingerprint density at radius 3 is 2.67 bits per heavy atom. The topological polar surface area (TPSA) is 64.3 Å². The monoisotopic (exact) mass is 288 g/mol. The average Bonchev–Trinajstić information content (AvgIpc) is 2.48. The zero-order valence-corrected chi connectivity index (χ0v) is 11.5. The molecule has 0 fully saturated rings. The molecular formula is C16H17FN2O2. The molecule has 4 nitrogen and oxygen atoms in total. The van der Waals surface area contributed by atoms with Crippen LogP contribution in [0.4, 0.5) is 14.9 Å². The Morgan fingerprint density at radius 1 is 1.19 bits per heavy atom. The first kappa shape index (κ1) is 14.8. The van der Waals surface area contributed by atoms with E-state index in [-0.39, 0.29) is 12.4 Å². The van der Waals surface area contributed by atoms with Gasteiger partial charge in [-0.1, -0.05) is 36.4 Å². The Labute approximate surface area is 122 Å². The van der Waals surface area contributed by atoms with Crippen LogP contribution in [-0.4, -0.2) is 12.6 Å². The highest BCUT2D eigenvalue weighted by Crippen LogP contribution is 2.11. The molecule has 0 heterocycles. The van der Waals surface area contributed by atoms with Gasteiger partial charge in [-0.05, 0) is 29.7 Å². The van der Waals surface area contributed by atoms with Gasteiger partial charge in [-0.3, -0.25) is 0 Å². The standard InChI is InChI=1S/C16H17FN2O2/c17-15-10-14(18)7-6-13(15)8-9-19-16(20)21-11-12-4-2-1-3-5-12/h1-7,10H,8-9,11,18H2,(H,19,20). The molecule has 1 amide bonds. The minimum absolute atomic E-state index is 0.211. The molecule has 0 radical (unpaired) electrons. The fourth-order valence-corrected chi connectivity index (χ4v) is 1.84.